The van der Waals surface area contributed by atoms with Crippen molar-refractivity contribution in [1.29, 1.82) is 0 Å². The van der Waals surface area contributed by atoms with Gasteiger partial charge in [0.15, 0.2) is 0 Å². The molecule has 0 radical (unpaired) electrons. The number of carbonyl (C=O) groups is 1. The molecule has 0 aliphatic heterocycles. The summed E-state index contributed by atoms with van der Waals surface area (Å²) in [4.78, 5) is 22.9. The SMILES string of the molecule is Cc1c(C(=O)N/N=C/c2ccc(OCc3cccc4ccccc34)cc2)cccc1[N+](=O)[O-]. The van der Waals surface area contributed by atoms with Crippen molar-refractivity contribution in [1.82, 2.24) is 5.43 Å². The van der Waals surface area contributed by atoms with Crippen LogP contribution in [0.2, 0.25) is 0 Å². The molecule has 0 aliphatic carbocycles. The Morgan fingerprint density at radius 2 is 1.73 bits per heavy atom. The smallest absolute Gasteiger partial charge is 0.273 e. The average molecular weight is 439 g/mol. The summed E-state index contributed by atoms with van der Waals surface area (Å²) in [5, 5.41) is 17.3. The minimum absolute atomic E-state index is 0.106. The number of benzene rings is 4. The van der Waals surface area contributed by atoms with E-state index in [4.69, 9.17) is 4.74 Å². The maximum atomic E-state index is 12.3. The third-order valence-corrected chi connectivity index (χ3v) is 5.28. The molecular formula is C26H21N3O4. The number of hydrogen-bond donors (Lipinski definition) is 1. The van der Waals surface area contributed by atoms with Crippen LogP contribution in [0.3, 0.4) is 0 Å². The summed E-state index contributed by atoms with van der Waals surface area (Å²) in [6, 6.07) is 26.0. The molecule has 7 nitrogen and oxygen atoms in total. The monoisotopic (exact) mass is 439 g/mol. The molecule has 4 aromatic rings. The molecule has 0 fully saturated rings. The molecule has 0 aliphatic rings. The van der Waals surface area contributed by atoms with Gasteiger partial charge in [0, 0.05) is 11.6 Å². The molecule has 4 rings (SSSR count). The zero-order chi connectivity index (χ0) is 23.2. The van der Waals surface area contributed by atoms with E-state index in [9.17, 15) is 14.9 Å². The Morgan fingerprint density at radius 3 is 2.52 bits per heavy atom. The molecule has 0 aromatic heterocycles. The van der Waals surface area contributed by atoms with Gasteiger partial charge in [-0.25, -0.2) is 5.43 Å². The van der Waals surface area contributed by atoms with Crippen molar-refractivity contribution in [3.63, 3.8) is 0 Å². The van der Waals surface area contributed by atoms with E-state index < -0.39 is 10.8 Å². The molecule has 33 heavy (non-hydrogen) atoms. The minimum atomic E-state index is -0.515. The Balaban J connectivity index is 1.36. The van der Waals surface area contributed by atoms with Crippen LogP contribution in [0, 0.1) is 17.0 Å². The fourth-order valence-corrected chi connectivity index (χ4v) is 3.52. The van der Waals surface area contributed by atoms with Crippen molar-refractivity contribution in [3.8, 4) is 5.75 Å². The van der Waals surface area contributed by atoms with Gasteiger partial charge in [-0.15, -0.1) is 0 Å². The van der Waals surface area contributed by atoms with Crippen LogP contribution in [0.1, 0.15) is 27.0 Å². The molecule has 0 unspecified atom stereocenters. The number of nitro groups is 1. The van der Waals surface area contributed by atoms with E-state index in [1.54, 1.807) is 0 Å². The van der Waals surface area contributed by atoms with Crippen LogP contribution in [0.5, 0.6) is 5.75 Å². The van der Waals surface area contributed by atoms with Crippen LogP contribution in [-0.2, 0) is 6.61 Å². The van der Waals surface area contributed by atoms with Crippen LogP contribution in [0.25, 0.3) is 10.8 Å². The van der Waals surface area contributed by atoms with Crippen molar-refractivity contribution in [2.24, 2.45) is 5.10 Å². The molecule has 0 bridgehead atoms. The van der Waals surface area contributed by atoms with Gasteiger partial charge in [0.25, 0.3) is 11.6 Å². The number of hydrogen-bond acceptors (Lipinski definition) is 5. The van der Waals surface area contributed by atoms with Gasteiger partial charge < -0.3 is 4.74 Å². The number of nitrogens with zero attached hydrogens (tertiary/aromatic N) is 2. The zero-order valence-electron chi connectivity index (χ0n) is 17.9. The number of ether oxygens (including phenoxy) is 1. The lowest BCUT2D eigenvalue weighted by Crippen LogP contribution is -2.19. The topological polar surface area (TPSA) is 93.8 Å². The molecule has 0 spiro atoms. The summed E-state index contributed by atoms with van der Waals surface area (Å²) in [5.41, 5.74) is 4.68. The second-order valence-electron chi connectivity index (χ2n) is 7.40. The van der Waals surface area contributed by atoms with Gasteiger partial charge in [-0.05, 0) is 59.2 Å². The summed E-state index contributed by atoms with van der Waals surface area (Å²) < 4.78 is 5.93. The fourth-order valence-electron chi connectivity index (χ4n) is 3.52. The third kappa shape index (κ3) is 5.04. The highest BCUT2D eigenvalue weighted by Crippen LogP contribution is 2.22. The van der Waals surface area contributed by atoms with E-state index in [1.807, 2.05) is 42.5 Å². The highest BCUT2D eigenvalue weighted by molar-refractivity contribution is 5.97. The van der Waals surface area contributed by atoms with Gasteiger partial charge >= 0.3 is 0 Å². The summed E-state index contributed by atoms with van der Waals surface area (Å²) in [6.45, 7) is 1.99. The molecule has 4 aromatic carbocycles. The van der Waals surface area contributed by atoms with Crippen molar-refractivity contribution in [2.75, 3.05) is 0 Å². The molecule has 0 saturated heterocycles. The molecular weight excluding hydrogens is 418 g/mol. The first-order valence-electron chi connectivity index (χ1n) is 10.3. The lowest BCUT2D eigenvalue weighted by molar-refractivity contribution is -0.385. The van der Waals surface area contributed by atoms with Gasteiger partial charge in [0.05, 0.1) is 16.7 Å². The Kier molecular flexibility index (Phi) is 6.40. The van der Waals surface area contributed by atoms with Crippen molar-refractivity contribution >= 4 is 28.6 Å². The fraction of sp³-hybridized carbons (Fsp3) is 0.0769. The van der Waals surface area contributed by atoms with E-state index >= 15 is 0 Å². The molecule has 164 valence electrons. The van der Waals surface area contributed by atoms with Crippen molar-refractivity contribution < 1.29 is 14.5 Å². The second kappa shape index (κ2) is 9.74. The summed E-state index contributed by atoms with van der Waals surface area (Å²) in [7, 11) is 0. The second-order valence-corrected chi connectivity index (χ2v) is 7.40. The van der Waals surface area contributed by atoms with E-state index in [-0.39, 0.29) is 11.3 Å². The largest absolute Gasteiger partial charge is 0.489 e. The number of rotatable bonds is 7. The molecule has 0 heterocycles. The molecule has 7 heteroatoms. The first kappa shape index (κ1) is 21.7. The van der Waals surface area contributed by atoms with Crippen LogP contribution in [0.15, 0.2) is 90.0 Å². The molecule has 0 saturated carbocycles. The Morgan fingerprint density at radius 1 is 1.00 bits per heavy atom. The van der Waals surface area contributed by atoms with Crippen molar-refractivity contribution in [3.05, 3.63) is 117 Å². The Hall–Kier alpha value is -4.52. The van der Waals surface area contributed by atoms with Crippen molar-refractivity contribution in [2.45, 2.75) is 13.5 Å². The van der Waals surface area contributed by atoms with E-state index in [0.29, 0.717) is 12.2 Å². The van der Waals surface area contributed by atoms with Crippen LogP contribution >= 0.6 is 0 Å². The maximum absolute atomic E-state index is 12.3. The normalized spacial score (nSPS) is 10.9. The van der Waals surface area contributed by atoms with E-state index in [0.717, 1.165) is 16.9 Å². The summed E-state index contributed by atoms with van der Waals surface area (Å²) >= 11 is 0. The zero-order valence-corrected chi connectivity index (χ0v) is 17.9. The number of nitrogens with one attached hydrogen (secondary N) is 1. The number of carbonyl (C=O) groups excluding carboxylic acids is 1. The van der Waals surface area contributed by atoms with Gasteiger partial charge in [0.2, 0.25) is 0 Å². The summed E-state index contributed by atoms with van der Waals surface area (Å²) in [5.74, 6) is 0.207. The maximum Gasteiger partial charge on any atom is 0.273 e. The lowest BCUT2D eigenvalue weighted by Gasteiger charge is -2.09. The van der Waals surface area contributed by atoms with E-state index in [1.165, 1.54) is 42.1 Å². The van der Waals surface area contributed by atoms with Gasteiger partial charge in [-0.1, -0.05) is 48.5 Å². The predicted octanol–water partition coefficient (Wildman–Crippen LogP) is 5.40. The Labute approximate surface area is 190 Å². The molecule has 0 atom stereocenters. The minimum Gasteiger partial charge on any atom is -0.489 e. The highest BCUT2D eigenvalue weighted by Gasteiger charge is 2.17. The quantitative estimate of drug-likeness (QED) is 0.237. The standard InChI is InChI=1S/C26H21N3O4/c1-18-23(10-5-11-25(18)29(31)32)26(30)28-27-16-19-12-14-22(15-13-19)33-17-21-8-4-7-20-6-2-3-9-24(20)21/h2-16H,17H2,1H3,(H,28,30)/b27-16+. The Bertz CT molecular complexity index is 1340. The average Bonchev–Trinajstić information content (AvgIpc) is 2.83. The first-order chi connectivity index (χ1) is 16.0. The number of nitro benzene ring substituents is 1. The number of amides is 1. The first-order valence-corrected chi connectivity index (χ1v) is 10.3. The van der Waals surface area contributed by atoms with Crippen LogP contribution in [0.4, 0.5) is 5.69 Å². The predicted molar refractivity (Wildman–Crippen MR) is 128 cm³/mol. The van der Waals surface area contributed by atoms with Gasteiger partial charge in [-0.3, -0.25) is 14.9 Å². The van der Waals surface area contributed by atoms with Gasteiger partial charge in [-0.2, -0.15) is 5.10 Å². The van der Waals surface area contributed by atoms with Crippen LogP contribution < -0.4 is 10.2 Å². The van der Waals surface area contributed by atoms with E-state index in [2.05, 4.69) is 34.8 Å². The lowest BCUT2D eigenvalue weighted by atomic mass is 10.1. The van der Waals surface area contributed by atoms with Gasteiger partial charge in [0.1, 0.15) is 12.4 Å². The third-order valence-electron chi connectivity index (χ3n) is 5.28. The molecule has 1 N–H and O–H groups in total. The number of fused-ring (bicyclic) bond motifs is 1. The molecule has 1 amide bonds. The highest BCUT2D eigenvalue weighted by atomic mass is 16.6. The van der Waals surface area contributed by atoms with Crippen LogP contribution in [-0.4, -0.2) is 17.0 Å². The summed E-state index contributed by atoms with van der Waals surface area (Å²) in [6.07, 6.45) is 1.50. The number of hydrazone groups is 1.